The summed E-state index contributed by atoms with van der Waals surface area (Å²) in [5.74, 6) is 0.821. The lowest BCUT2D eigenvalue weighted by Crippen LogP contribution is -2.31. The van der Waals surface area contributed by atoms with Gasteiger partial charge in [0.15, 0.2) is 0 Å². The second kappa shape index (κ2) is 7.63. The monoisotopic (exact) mass is 425 g/mol. The standard InChI is InChI=1S/C23H27N3O3S/c1-16-7-9-17(10-8-16)21-24-22(29-25-21)20-6-5-15-26(20)30(27,28)19-13-11-18(12-14-19)23(2,3)4/h7-14,20H,5-6,15H2,1-4H3. The Kier molecular flexibility index (Phi) is 5.28. The molecule has 0 bridgehead atoms. The largest absolute Gasteiger partial charge is 0.337 e. The molecule has 3 aromatic rings. The SMILES string of the molecule is Cc1ccc(-c2noc(C3CCCN3S(=O)(=O)c3ccc(C(C)(C)C)cc3)n2)cc1. The van der Waals surface area contributed by atoms with Gasteiger partial charge in [0, 0.05) is 12.1 Å². The van der Waals surface area contributed by atoms with Gasteiger partial charge in [-0.15, -0.1) is 0 Å². The van der Waals surface area contributed by atoms with Crippen LogP contribution in [0.25, 0.3) is 11.4 Å². The third kappa shape index (κ3) is 3.91. The van der Waals surface area contributed by atoms with Crippen LogP contribution < -0.4 is 0 Å². The fraction of sp³-hybridized carbons (Fsp3) is 0.391. The lowest BCUT2D eigenvalue weighted by atomic mass is 9.87. The van der Waals surface area contributed by atoms with E-state index in [2.05, 4.69) is 30.9 Å². The Hall–Kier alpha value is -2.51. The van der Waals surface area contributed by atoms with Gasteiger partial charge in [0.2, 0.25) is 21.7 Å². The number of aryl methyl sites for hydroxylation is 1. The minimum atomic E-state index is -3.65. The van der Waals surface area contributed by atoms with Crippen LogP contribution >= 0.6 is 0 Å². The van der Waals surface area contributed by atoms with Gasteiger partial charge >= 0.3 is 0 Å². The average molecular weight is 426 g/mol. The van der Waals surface area contributed by atoms with Crippen LogP contribution in [0.5, 0.6) is 0 Å². The van der Waals surface area contributed by atoms with Gasteiger partial charge in [-0.1, -0.05) is 67.9 Å². The molecule has 1 atom stereocenters. The predicted octanol–water partition coefficient (Wildman–Crippen LogP) is 4.87. The molecule has 0 N–H and O–H groups in total. The van der Waals surface area contributed by atoms with Crippen molar-refractivity contribution >= 4 is 10.0 Å². The maximum Gasteiger partial charge on any atom is 0.245 e. The minimum absolute atomic E-state index is 0.0331. The highest BCUT2D eigenvalue weighted by Crippen LogP contribution is 2.37. The lowest BCUT2D eigenvalue weighted by Gasteiger charge is -2.23. The van der Waals surface area contributed by atoms with Gasteiger partial charge in [-0.3, -0.25) is 0 Å². The molecule has 0 saturated carbocycles. The van der Waals surface area contributed by atoms with Crippen molar-refractivity contribution in [3.8, 4) is 11.4 Å². The average Bonchev–Trinajstić information content (AvgIpc) is 3.38. The van der Waals surface area contributed by atoms with Crippen molar-refractivity contribution in [2.75, 3.05) is 6.54 Å². The zero-order chi connectivity index (χ0) is 21.5. The molecule has 0 spiro atoms. The van der Waals surface area contributed by atoms with Crippen molar-refractivity contribution in [3.63, 3.8) is 0 Å². The molecule has 1 unspecified atom stereocenters. The molecule has 1 aliphatic heterocycles. The minimum Gasteiger partial charge on any atom is -0.337 e. The summed E-state index contributed by atoms with van der Waals surface area (Å²) in [7, 11) is -3.65. The molecule has 1 fully saturated rings. The molecule has 4 rings (SSSR count). The van der Waals surface area contributed by atoms with Crippen LogP contribution in [-0.4, -0.2) is 29.4 Å². The normalized spacial score (nSPS) is 18.1. The second-order valence-electron chi connectivity index (χ2n) is 8.87. The third-order valence-corrected chi connectivity index (χ3v) is 7.49. The zero-order valence-corrected chi connectivity index (χ0v) is 18.6. The molecular weight excluding hydrogens is 398 g/mol. The number of rotatable bonds is 4. The molecule has 6 nitrogen and oxygen atoms in total. The number of sulfonamides is 1. The van der Waals surface area contributed by atoms with Gasteiger partial charge < -0.3 is 4.52 Å². The first kappa shape index (κ1) is 20.8. The molecule has 0 aliphatic carbocycles. The maximum atomic E-state index is 13.3. The molecule has 158 valence electrons. The summed E-state index contributed by atoms with van der Waals surface area (Å²) in [6, 6.07) is 14.6. The van der Waals surface area contributed by atoms with E-state index >= 15 is 0 Å². The van der Waals surface area contributed by atoms with E-state index in [-0.39, 0.29) is 5.41 Å². The Morgan fingerprint density at radius 2 is 1.70 bits per heavy atom. The summed E-state index contributed by atoms with van der Waals surface area (Å²) >= 11 is 0. The molecule has 1 aromatic heterocycles. The van der Waals surface area contributed by atoms with Gasteiger partial charge in [-0.25, -0.2) is 8.42 Å². The Morgan fingerprint density at radius 3 is 2.33 bits per heavy atom. The van der Waals surface area contributed by atoms with Crippen molar-refractivity contribution in [3.05, 3.63) is 65.5 Å². The number of benzene rings is 2. The molecule has 2 heterocycles. The smallest absolute Gasteiger partial charge is 0.245 e. The molecule has 7 heteroatoms. The van der Waals surface area contributed by atoms with Crippen molar-refractivity contribution < 1.29 is 12.9 Å². The molecule has 0 amide bonds. The van der Waals surface area contributed by atoms with Crippen LogP contribution in [-0.2, 0) is 15.4 Å². The Balaban J connectivity index is 1.61. The van der Waals surface area contributed by atoms with Crippen molar-refractivity contribution in [1.29, 1.82) is 0 Å². The second-order valence-corrected chi connectivity index (χ2v) is 10.8. The molecule has 1 saturated heterocycles. The highest BCUT2D eigenvalue weighted by atomic mass is 32.2. The van der Waals surface area contributed by atoms with E-state index in [1.807, 2.05) is 43.3 Å². The fourth-order valence-corrected chi connectivity index (χ4v) is 5.38. The quantitative estimate of drug-likeness (QED) is 0.596. The van der Waals surface area contributed by atoms with Gasteiger partial charge in [-0.2, -0.15) is 9.29 Å². The van der Waals surface area contributed by atoms with Crippen molar-refractivity contribution in [2.45, 2.75) is 56.9 Å². The van der Waals surface area contributed by atoms with E-state index in [1.165, 1.54) is 4.31 Å². The first-order chi connectivity index (χ1) is 14.2. The Labute approximate surface area is 178 Å². The van der Waals surface area contributed by atoms with Crippen LogP contribution in [0.3, 0.4) is 0 Å². The summed E-state index contributed by atoms with van der Waals surface area (Å²) in [5, 5.41) is 4.08. The molecule has 30 heavy (non-hydrogen) atoms. The Bertz CT molecular complexity index is 1130. The molecular formula is C23H27N3O3S. The fourth-order valence-electron chi connectivity index (χ4n) is 3.73. The van der Waals surface area contributed by atoms with Gasteiger partial charge in [0.1, 0.15) is 6.04 Å². The van der Waals surface area contributed by atoms with Crippen molar-refractivity contribution in [1.82, 2.24) is 14.4 Å². The van der Waals surface area contributed by atoms with Crippen molar-refractivity contribution in [2.24, 2.45) is 0 Å². The van der Waals surface area contributed by atoms with E-state index < -0.39 is 16.1 Å². The lowest BCUT2D eigenvalue weighted by molar-refractivity contribution is 0.290. The maximum absolute atomic E-state index is 13.3. The number of nitrogens with zero attached hydrogens (tertiary/aromatic N) is 3. The van der Waals surface area contributed by atoms with Gasteiger partial charge in [0.25, 0.3) is 0 Å². The number of hydrogen-bond donors (Lipinski definition) is 0. The summed E-state index contributed by atoms with van der Waals surface area (Å²) < 4.78 is 33.6. The van der Waals surface area contributed by atoms with Crippen LogP contribution in [0.4, 0.5) is 0 Å². The topological polar surface area (TPSA) is 76.3 Å². The summed E-state index contributed by atoms with van der Waals surface area (Å²) in [5.41, 5.74) is 3.06. The molecule has 2 aromatic carbocycles. The van der Waals surface area contributed by atoms with E-state index in [0.717, 1.165) is 23.1 Å². The van der Waals surface area contributed by atoms with E-state index in [0.29, 0.717) is 29.6 Å². The van der Waals surface area contributed by atoms with E-state index in [4.69, 9.17) is 4.52 Å². The van der Waals surface area contributed by atoms with Gasteiger partial charge in [0.05, 0.1) is 4.90 Å². The summed E-state index contributed by atoms with van der Waals surface area (Å²) in [6.07, 6.45) is 1.42. The van der Waals surface area contributed by atoms with E-state index in [1.54, 1.807) is 12.1 Å². The first-order valence-corrected chi connectivity index (χ1v) is 11.6. The number of hydrogen-bond acceptors (Lipinski definition) is 5. The highest BCUT2D eigenvalue weighted by Gasteiger charge is 2.39. The van der Waals surface area contributed by atoms with Gasteiger partial charge in [-0.05, 0) is 42.9 Å². The first-order valence-electron chi connectivity index (χ1n) is 10.2. The summed E-state index contributed by atoms with van der Waals surface area (Å²) in [4.78, 5) is 4.80. The van der Waals surface area contributed by atoms with Crippen LogP contribution in [0.1, 0.15) is 56.7 Å². The van der Waals surface area contributed by atoms with E-state index in [9.17, 15) is 8.42 Å². The molecule has 1 aliphatic rings. The molecule has 0 radical (unpaired) electrons. The summed E-state index contributed by atoms with van der Waals surface area (Å²) in [6.45, 7) is 8.77. The van der Waals surface area contributed by atoms with Crippen LogP contribution in [0, 0.1) is 6.92 Å². The number of aromatic nitrogens is 2. The zero-order valence-electron chi connectivity index (χ0n) is 17.8. The van der Waals surface area contributed by atoms with Crippen LogP contribution in [0.15, 0.2) is 57.9 Å². The Morgan fingerprint density at radius 1 is 1.03 bits per heavy atom. The third-order valence-electron chi connectivity index (χ3n) is 5.57. The predicted molar refractivity (Wildman–Crippen MR) is 115 cm³/mol. The van der Waals surface area contributed by atoms with Crippen LogP contribution in [0.2, 0.25) is 0 Å². The highest BCUT2D eigenvalue weighted by molar-refractivity contribution is 7.89.